The Morgan fingerprint density at radius 3 is 2.78 bits per heavy atom. The lowest BCUT2D eigenvalue weighted by Crippen LogP contribution is -2.02. The van der Waals surface area contributed by atoms with Crippen LogP contribution in [0.4, 0.5) is 4.39 Å². The average molecular weight is 284 g/mol. The molecule has 0 amide bonds. The van der Waals surface area contributed by atoms with Crippen LogP contribution in [0.1, 0.15) is 15.9 Å². The predicted molar refractivity (Wildman–Crippen MR) is 67.8 cm³/mol. The summed E-state index contributed by atoms with van der Waals surface area (Å²) in [6.45, 7) is 0. The number of carboxylic acid groups (broad SMARTS) is 1. The van der Waals surface area contributed by atoms with E-state index in [2.05, 4.69) is 0 Å². The summed E-state index contributed by atoms with van der Waals surface area (Å²) >= 11 is 1.33. The summed E-state index contributed by atoms with van der Waals surface area (Å²) in [7, 11) is -1.35. The maximum Gasteiger partial charge on any atom is 0.335 e. The SMILES string of the molecule is O=C(O)c1ccc(F)c(CS(=O)c2cccs2)c1. The Bertz CT molecular complexity index is 593. The van der Waals surface area contributed by atoms with Crippen molar-refractivity contribution in [3.05, 3.63) is 52.7 Å². The minimum atomic E-state index is -1.35. The summed E-state index contributed by atoms with van der Waals surface area (Å²) in [6.07, 6.45) is 0. The molecule has 1 unspecified atom stereocenters. The molecular formula is C12H9FO3S2. The van der Waals surface area contributed by atoms with Crippen LogP contribution in [0, 0.1) is 5.82 Å². The summed E-state index contributed by atoms with van der Waals surface area (Å²) in [5.41, 5.74) is 0.149. The van der Waals surface area contributed by atoms with Crippen LogP contribution < -0.4 is 0 Å². The van der Waals surface area contributed by atoms with E-state index in [1.807, 2.05) is 0 Å². The molecule has 0 saturated carbocycles. The first-order valence-electron chi connectivity index (χ1n) is 5.01. The Hall–Kier alpha value is -1.53. The van der Waals surface area contributed by atoms with Crippen LogP contribution >= 0.6 is 11.3 Å². The lowest BCUT2D eigenvalue weighted by Gasteiger charge is -2.04. The summed E-state index contributed by atoms with van der Waals surface area (Å²) in [4.78, 5) is 10.8. The molecule has 1 heterocycles. The topological polar surface area (TPSA) is 54.4 Å². The summed E-state index contributed by atoms with van der Waals surface area (Å²) < 4.78 is 26.1. The summed E-state index contributed by atoms with van der Waals surface area (Å²) in [6, 6.07) is 6.98. The van der Waals surface area contributed by atoms with Crippen molar-refractivity contribution in [2.45, 2.75) is 9.96 Å². The van der Waals surface area contributed by atoms with Crippen molar-refractivity contribution >= 4 is 28.1 Å². The largest absolute Gasteiger partial charge is 0.478 e. The zero-order valence-corrected chi connectivity index (χ0v) is 10.8. The highest BCUT2D eigenvalue weighted by molar-refractivity contribution is 7.86. The highest BCUT2D eigenvalue weighted by atomic mass is 32.2. The van der Waals surface area contributed by atoms with E-state index in [-0.39, 0.29) is 16.9 Å². The fourth-order valence-corrected chi connectivity index (χ4v) is 3.52. The van der Waals surface area contributed by atoms with Gasteiger partial charge in [-0.15, -0.1) is 11.3 Å². The Kier molecular flexibility index (Phi) is 3.88. The Morgan fingerprint density at radius 2 is 2.17 bits per heavy atom. The molecule has 0 saturated heterocycles. The number of aromatic carboxylic acids is 1. The lowest BCUT2D eigenvalue weighted by atomic mass is 10.1. The second-order valence-electron chi connectivity index (χ2n) is 3.53. The molecule has 0 spiro atoms. The third-order valence-electron chi connectivity index (χ3n) is 2.30. The van der Waals surface area contributed by atoms with Gasteiger partial charge in [0.15, 0.2) is 0 Å². The molecular weight excluding hydrogens is 275 g/mol. The highest BCUT2D eigenvalue weighted by Crippen LogP contribution is 2.20. The van der Waals surface area contributed by atoms with E-state index in [9.17, 15) is 13.4 Å². The Balaban J connectivity index is 2.26. The number of halogens is 1. The molecule has 94 valence electrons. The number of hydrogen-bond donors (Lipinski definition) is 1. The second-order valence-corrected chi connectivity index (χ2v) is 6.16. The molecule has 2 aromatic rings. The molecule has 1 aromatic heterocycles. The van der Waals surface area contributed by atoms with Crippen LogP contribution in [-0.2, 0) is 16.6 Å². The third kappa shape index (κ3) is 2.83. The molecule has 18 heavy (non-hydrogen) atoms. The van der Waals surface area contributed by atoms with Crippen LogP contribution in [0.3, 0.4) is 0 Å². The molecule has 0 bridgehead atoms. The number of benzene rings is 1. The van der Waals surface area contributed by atoms with Gasteiger partial charge < -0.3 is 5.11 Å². The first-order valence-corrected chi connectivity index (χ1v) is 7.21. The monoisotopic (exact) mass is 284 g/mol. The van der Waals surface area contributed by atoms with Gasteiger partial charge in [0.2, 0.25) is 0 Å². The third-order valence-corrected chi connectivity index (χ3v) is 4.96. The van der Waals surface area contributed by atoms with Crippen LogP contribution in [0.2, 0.25) is 0 Å². The van der Waals surface area contributed by atoms with Crippen LogP contribution in [-0.4, -0.2) is 15.3 Å². The van der Waals surface area contributed by atoms with Crippen molar-refractivity contribution in [2.75, 3.05) is 0 Å². The van der Waals surface area contributed by atoms with Gasteiger partial charge in [0.05, 0.1) is 26.3 Å². The van der Waals surface area contributed by atoms with Gasteiger partial charge in [0.25, 0.3) is 0 Å². The van der Waals surface area contributed by atoms with E-state index in [4.69, 9.17) is 5.11 Å². The van der Waals surface area contributed by atoms with E-state index in [0.29, 0.717) is 4.21 Å². The van der Waals surface area contributed by atoms with Gasteiger partial charge >= 0.3 is 5.97 Å². The smallest absolute Gasteiger partial charge is 0.335 e. The molecule has 3 nitrogen and oxygen atoms in total. The zero-order valence-electron chi connectivity index (χ0n) is 9.13. The van der Waals surface area contributed by atoms with Gasteiger partial charge in [0.1, 0.15) is 5.82 Å². The minimum Gasteiger partial charge on any atom is -0.478 e. The molecule has 1 N–H and O–H groups in total. The van der Waals surface area contributed by atoms with Crippen molar-refractivity contribution in [1.29, 1.82) is 0 Å². The molecule has 0 aliphatic heterocycles. The van der Waals surface area contributed by atoms with Crippen molar-refractivity contribution in [1.82, 2.24) is 0 Å². The fourth-order valence-electron chi connectivity index (χ4n) is 1.42. The maximum absolute atomic E-state index is 13.5. The van der Waals surface area contributed by atoms with Gasteiger partial charge in [-0.05, 0) is 29.6 Å². The summed E-state index contributed by atoms with van der Waals surface area (Å²) in [5.74, 6) is -1.68. The van der Waals surface area contributed by atoms with Crippen molar-refractivity contribution in [2.24, 2.45) is 0 Å². The Labute approximate surface area is 109 Å². The lowest BCUT2D eigenvalue weighted by molar-refractivity contribution is 0.0696. The van der Waals surface area contributed by atoms with E-state index in [1.54, 1.807) is 17.5 Å². The number of carbonyl (C=O) groups is 1. The first-order chi connectivity index (χ1) is 8.58. The molecule has 1 atom stereocenters. The molecule has 0 aliphatic rings. The number of hydrogen-bond acceptors (Lipinski definition) is 3. The molecule has 1 aromatic carbocycles. The fraction of sp³-hybridized carbons (Fsp3) is 0.0833. The van der Waals surface area contributed by atoms with Crippen molar-refractivity contribution in [3.8, 4) is 0 Å². The van der Waals surface area contributed by atoms with Crippen LogP contribution in [0.25, 0.3) is 0 Å². The zero-order chi connectivity index (χ0) is 13.1. The first kappa shape index (κ1) is 12.9. The van der Waals surface area contributed by atoms with Crippen molar-refractivity contribution < 1.29 is 18.5 Å². The average Bonchev–Trinajstić information content (AvgIpc) is 2.85. The Morgan fingerprint density at radius 1 is 1.39 bits per heavy atom. The molecule has 0 fully saturated rings. The van der Waals surface area contributed by atoms with E-state index >= 15 is 0 Å². The van der Waals surface area contributed by atoms with Crippen molar-refractivity contribution in [3.63, 3.8) is 0 Å². The van der Waals surface area contributed by atoms with Gasteiger partial charge in [-0.1, -0.05) is 6.07 Å². The maximum atomic E-state index is 13.5. The number of rotatable bonds is 4. The molecule has 6 heteroatoms. The predicted octanol–water partition coefficient (Wildman–Crippen LogP) is 2.89. The van der Waals surface area contributed by atoms with Gasteiger partial charge in [-0.2, -0.15) is 0 Å². The number of thiophene rings is 1. The minimum absolute atomic E-state index is 0.00502. The van der Waals surface area contributed by atoms with Gasteiger partial charge in [-0.25, -0.2) is 9.18 Å². The van der Waals surface area contributed by atoms with Gasteiger partial charge in [0, 0.05) is 5.56 Å². The van der Waals surface area contributed by atoms with Gasteiger partial charge in [-0.3, -0.25) is 4.21 Å². The molecule has 2 rings (SSSR count). The van der Waals surface area contributed by atoms with E-state index < -0.39 is 22.6 Å². The second kappa shape index (κ2) is 5.41. The standard InChI is InChI=1S/C12H9FO3S2/c13-10-4-3-8(12(14)15)6-9(10)7-18(16)11-2-1-5-17-11/h1-6H,7H2,(H,14,15). The van der Waals surface area contributed by atoms with Crippen LogP contribution in [0.15, 0.2) is 39.9 Å². The highest BCUT2D eigenvalue weighted by Gasteiger charge is 2.12. The van der Waals surface area contributed by atoms with E-state index in [0.717, 1.165) is 6.07 Å². The van der Waals surface area contributed by atoms with Crippen LogP contribution in [0.5, 0.6) is 0 Å². The van der Waals surface area contributed by atoms with E-state index in [1.165, 1.54) is 23.5 Å². The quantitative estimate of drug-likeness (QED) is 0.939. The summed E-state index contributed by atoms with van der Waals surface area (Å²) in [5, 5.41) is 10.6. The number of carboxylic acids is 1. The molecule has 0 aliphatic carbocycles. The molecule has 0 radical (unpaired) electrons. The normalized spacial score (nSPS) is 12.3.